The van der Waals surface area contributed by atoms with Crippen LogP contribution in [0.4, 0.5) is 0 Å². The Kier molecular flexibility index (Phi) is 4.41. The number of para-hydroxylation sites is 1. The Labute approximate surface area is 135 Å². The highest BCUT2D eigenvalue weighted by atomic mass is 16.2. The number of hydrogen-bond donors (Lipinski definition) is 1. The minimum Gasteiger partial charge on any atom is -0.359 e. The zero-order chi connectivity index (χ0) is 16.2. The van der Waals surface area contributed by atoms with Crippen LogP contribution in [-0.4, -0.2) is 46.4 Å². The second-order valence-electron chi connectivity index (χ2n) is 5.67. The summed E-state index contributed by atoms with van der Waals surface area (Å²) in [6.07, 6.45) is 4.65. The normalized spacial score (nSPS) is 15.4. The Hall–Kier alpha value is -2.63. The molecule has 0 saturated carbocycles. The zero-order valence-electron chi connectivity index (χ0n) is 13.1. The topological polar surface area (TPSA) is 67.2 Å². The number of nitrogens with zero attached hydrogens (tertiary/aromatic N) is 3. The maximum atomic E-state index is 12.8. The standard InChI is InChI=1S/C17H20N4O2/c1-18-16(22)13-7-9-20(10-8-13)17(23)15-11-19-12-21(15)14-5-3-2-4-6-14/h2-6,11-13H,7-10H2,1H3,(H,18,22). The lowest BCUT2D eigenvalue weighted by Crippen LogP contribution is -2.42. The Morgan fingerprint density at radius 3 is 2.52 bits per heavy atom. The average molecular weight is 312 g/mol. The number of likely N-dealkylation sites (tertiary alicyclic amines) is 1. The Bertz CT molecular complexity index is 688. The monoisotopic (exact) mass is 312 g/mol. The molecule has 1 aromatic carbocycles. The van der Waals surface area contributed by atoms with Crippen LogP contribution in [0.1, 0.15) is 23.3 Å². The summed E-state index contributed by atoms with van der Waals surface area (Å²) in [4.78, 5) is 30.4. The lowest BCUT2D eigenvalue weighted by atomic mass is 9.96. The van der Waals surface area contributed by atoms with Gasteiger partial charge in [0.05, 0.1) is 12.5 Å². The zero-order valence-corrected chi connectivity index (χ0v) is 13.1. The van der Waals surface area contributed by atoms with E-state index in [0.29, 0.717) is 31.6 Å². The van der Waals surface area contributed by atoms with Gasteiger partial charge >= 0.3 is 0 Å². The molecule has 1 aromatic heterocycles. The van der Waals surface area contributed by atoms with Gasteiger partial charge in [0, 0.05) is 31.7 Å². The van der Waals surface area contributed by atoms with Gasteiger partial charge in [-0.3, -0.25) is 14.2 Å². The predicted octanol–water partition coefficient (Wildman–Crippen LogP) is 1.47. The van der Waals surface area contributed by atoms with E-state index in [1.54, 1.807) is 29.0 Å². The van der Waals surface area contributed by atoms with Gasteiger partial charge in [0.2, 0.25) is 5.91 Å². The Morgan fingerprint density at radius 1 is 1.17 bits per heavy atom. The summed E-state index contributed by atoms with van der Waals surface area (Å²) in [5.41, 5.74) is 1.46. The summed E-state index contributed by atoms with van der Waals surface area (Å²) in [5.74, 6) is 0.0243. The molecule has 0 atom stereocenters. The number of rotatable bonds is 3. The molecule has 2 aromatic rings. The summed E-state index contributed by atoms with van der Waals surface area (Å²) < 4.78 is 1.80. The van der Waals surface area contributed by atoms with Gasteiger partial charge in [0.1, 0.15) is 5.69 Å². The van der Waals surface area contributed by atoms with E-state index in [0.717, 1.165) is 5.69 Å². The van der Waals surface area contributed by atoms with E-state index in [1.807, 2.05) is 30.3 Å². The molecule has 1 aliphatic heterocycles. The minimum absolute atomic E-state index is 0.00286. The third-order valence-electron chi connectivity index (χ3n) is 4.29. The molecule has 6 heteroatoms. The van der Waals surface area contributed by atoms with Gasteiger partial charge in [-0.05, 0) is 25.0 Å². The van der Waals surface area contributed by atoms with E-state index >= 15 is 0 Å². The molecule has 2 heterocycles. The van der Waals surface area contributed by atoms with Crippen molar-refractivity contribution >= 4 is 11.8 Å². The molecule has 1 N–H and O–H groups in total. The molecule has 1 saturated heterocycles. The van der Waals surface area contributed by atoms with E-state index < -0.39 is 0 Å². The molecule has 120 valence electrons. The summed E-state index contributed by atoms with van der Waals surface area (Å²) in [7, 11) is 1.65. The highest BCUT2D eigenvalue weighted by molar-refractivity contribution is 5.93. The maximum Gasteiger partial charge on any atom is 0.272 e. The molecular weight excluding hydrogens is 292 g/mol. The number of imidazole rings is 1. The van der Waals surface area contributed by atoms with E-state index in [2.05, 4.69) is 10.3 Å². The highest BCUT2D eigenvalue weighted by Gasteiger charge is 2.28. The molecule has 2 amide bonds. The number of carbonyl (C=O) groups excluding carboxylic acids is 2. The van der Waals surface area contributed by atoms with E-state index in [4.69, 9.17) is 0 Å². The van der Waals surface area contributed by atoms with E-state index in [9.17, 15) is 9.59 Å². The van der Waals surface area contributed by atoms with Crippen molar-refractivity contribution in [3.8, 4) is 5.69 Å². The van der Waals surface area contributed by atoms with Crippen molar-refractivity contribution in [3.05, 3.63) is 48.5 Å². The smallest absolute Gasteiger partial charge is 0.272 e. The van der Waals surface area contributed by atoms with Crippen molar-refractivity contribution in [2.75, 3.05) is 20.1 Å². The minimum atomic E-state index is -0.0401. The fourth-order valence-corrected chi connectivity index (χ4v) is 2.96. The van der Waals surface area contributed by atoms with Crippen LogP contribution in [0, 0.1) is 5.92 Å². The molecule has 1 aliphatic rings. The molecule has 23 heavy (non-hydrogen) atoms. The van der Waals surface area contributed by atoms with Gasteiger partial charge in [-0.1, -0.05) is 18.2 Å². The van der Waals surface area contributed by atoms with Crippen LogP contribution in [-0.2, 0) is 4.79 Å². The lowest BCUT2D eigenvalue weighted by Gasteiger charge is -2.31. The first-order valence-electron chi connectivity index (χ1n) is 7.79. The van der Waals surface area contributed by atoms with Crippen LogP contribution in [0.15, 0.2) is 42.9 Å². The van der Waals surface area contributed by atoms with Crippen molar-refractivity contribution in [1.29, 1.82) is 0 Å². The number of aromatic nitrogens is 2. The van der Waals surface area contributed by atoms with Crippen LogP contribution < -0.4 is 5.32 Å². The Morgan fingerprint density at radius 2 is 1.87 bits per heavy atom. The predicted molar refractivity (Wildman–Crippen MR) is 86.3 cm³/mol. The van der Waals surface area contributed by atoms with Gasteiger partial charge in [0.15, 0.2) is 0 Å². The molecule has 0 aliphatic carbocycles. The molecule has 0 radical (unpaired) electrons. The Balaban J connectivity index is 1.73. The second kappa shape index (κ2) is 6.64. The van der Waals surface area contributed by atoms with E-state index in [-0.39, 0.29) is 17.7 Å². The fourth-order valence-electron chi connectivity index (χ4n) is 2.96. The van der Waals surface area contributed by atoms with Crippen LogP contribution in [0.5, 0.6) is 0 Å². The highest BCUT2D eigenvalue weighted by Crippen LogP contribution is 2.20. The van der Waals surface area contributed by atoms with Gasteiger partial charge in [-0.25, -0.2) is 4.98 Å². The first-order chi connectivity index (χ1) is 11.2. The van der Waals surface area contributed by atoms with Gasteiger partial charge in [0.25, 0.3) is 5.91 Å². The SMILES string of the molecule is CNC(=O)C1CCN(C(=O)c2cncn2-c2ccccc2)CC1. The van der Waals surface area contributed by atoms with Crippen molar-refractivity contribution in [1.82, 2.24) is 19.8 Å². The molecule has 3 rings (SSSR count). The van der Waals surface area contributed by atoms with Crippen LogP contribution in [0.3, 0.4) is 0 Å². The molecule has 1 fully saturated rings. The number of amides is 2. The number of carbonyl (C=O) groups is 2. The van der Waals surface area contributed by atoms with Crippen molar-refractivity contribution in [3.63, 3.8) is 0 Å². The largest absolute Gasteiger partial charge is 0.359 e. The molecular formula is C17H20N4O2. The second-order valence-corrected chi connectivity index (χ2v) is 5.67. The van der Waals surface area contributed by atoms with Gasteiger partial charge in [-0.2, -0.15) is 0 Å². The van der Waals surface area contributed by atoms with E-state index in [1.165, 1.54) is 0 Å². The first-order valence-corrected chi connectivity index (χ1v) is 7.79. The number of nitrogens with one attached hydrogen (secondary N) is 1. The summed E-state index contributed by atoms with van der Waals surface area (Å²) in [5, 5.41) is 2.68. The van der Waals surface area contributed by atoms with Crippen LogP contribution >= 0.6 is 0 Å². The molecule has 0 unspecified atom stereocenters. The lowest BCUT2D eigenvalue weighted by molar-refractivity contribution is -0.125. The third-order valence-corrected chi connectivity index (χ3v) is 4.29. The summed E-state index contributed by atoms with van der Waals surface area (Å²) in [6.45, 7) is 1.19. The number of benzene rings is 1. The quantitative estimate of drug-likeness (QED) is 0.933. The van der Waals surface area contributed by atoms with Crippen molar-refractivity contribution in [2.45, 2.75) is 12.8 Å². The third kappa shape index (κ3) is 3.11. The molecule has 0 spiro atoms. The van der Waals surface area contributed by atoms with Crippen LogP contribution in [0.2, 0.25) is 0 Å². The van der Waals surface area contributed by atoms with Crippen molar-refractivity contribution in [2.24, 2.45) is 5.92 Å². The average Bonchev–Trinajstić information content (AvgIpc) is 3.11. The number of hydrogen-bond acceptors (Lipinski definition) is 3. The van der Waals surface area contributed by atoms with Gasteiger partial charge in [-0.15, -0.1) is 0 Å². The van der Waals surface area contributed by atoms with Crippen LogP contribution in [0.25, 0.3) is 5.69 Å². The van der Waals surface area contributed by atoms with Crippen molar-refractivity contribution < 1.29 is 9.59 Å². The maximum absolute atomic E-state index is 12.8. The summed E-state index contributed by atoms with van der Waals surface area (Å²) >= 11 is 0. The fraction of sp³-hybridized carbons (Fsp3) is 0.353. The summed E-state index contributed by atoms with van der Waals surface area (Å²) in [6, 6.07) is 9.68. The van der Waals surface area contributed by atoms with Gasteiger partial charge < -0.3 is 10.2 Å². The number of piperidine rings is 1. The first kappa shape index (κ1) is 15.3. The molecule has 6 nitrogen and oxygen atoms in total. The molecule has 0 bridgehead atoms.